The number of furan rings is 1. The number of hydrogen-bond acceptors (Lipinski definition) is 2. The molecule has 0 saturated carbocycles. The van der Waals surface area contributed by atoms with E-state index in [9.17, 15) is 0 Å². The molecule has 0 aliphatic heterocycles. The first-order chi connectivity index (χ1) is 32.8. The molecule has 0 aliphatic carbocycles. The molecular weight excluding hydrogens is 799 g/mol. The zero-order valence-corrected chi connectivity index (χ0v) is 36.0. The first-order valence-corrected chi connectivity index (χ1v) is 22.7. The van der Waals surface area contributed by atoms with Gasteiger partial charge in [-0.1, -0.05) is 218 Å². The number of benzene rings is 12. The van der Waals surface area contributed by atoms with Crippen molar-refractivity contribution in [2.24, 2.45) is 0 Å². The molecular formula is C64H41NO. The highest BCUT2D eigenvalue weighted by Gasteiger charge is 2.22. The van der Waals surface area contributed by atoms with Gasteiger partial charge in [0.2, 0.25) is 0 Å². The lowest BCUT2D eigenvalue weighted by atomic mass is 9.85. The van der Waals surface area contributed by atoms with Crippen LogP contribution in [0.3, 0.4) is 0 Å². The van der Waals surface area contributed by atoms with Gasteiger partial charge < -0.3 is 9.32 Å². The lowest BCUT2D eigenvalue weighted by Gasteiger charge is -2.28. The predicted octanol–water partition coefficient (Wildman–Crippen LogP) is 18.3. The van der Waals surface area contributed by atoms with Crippen molar-refractivity contribution in [1.82, 2.24) is 0 Å². The van der Waals surface area contributed by atoms with Gasteiger partial charge >= 0.3 is 0 Å². The first kappa shape index (κ1) is 37.8. The molecule has 0 aliphatic rings. The number of para-hydroxylation sites is 2. The van der Waals surface area contributed by atoms with Gasteiger partial charge in [-0.05, 0) is 101 Å². The van der Waals surface area contributed by atoms with Crippen LogP contribution in [-0.2, 0) is 0 Å². The van der Waals surface area contributed by atoms with Gasteiger partial charge in [0.05, 0.1) is 5.69 Å². The van der Waals surface area contributed by atoms with Crippen LogP contribution in [0, 0.1) is 0 Å². The minimum absolute atomic E-state index is 0.896. The van der Waals surface area contributed by atoms with Crippen LogP contribution in [0.2, 0.25) is 0 Å². The van der Waals surface area contributed by atoms with Crippen molar-refractivity contribution in [2.75, 3.05) is 4.90 Å². The second-order valence-electron chi connectivity index (χ2n) is 17.1. The molecule has 1 heterocycles. The highest BCUT2D eigenvalue weighted by atomic mass is 16.3. The van der Waals surface area contributed by atoms with E-state index in [1.54, 1.807) is 0 Å². The van der Waals surface area contributed by atoms with Crippen molar-refractivity contribution in [1.29, 1.82) is 0 Å². The van der Waals surface area contributed by atoms with Crippen molar-refractivity contribution >= 4 is 82.1 Å². The molecule has 1 aromatic heterocycles. The molecule has 2 heteroatoms. The molecule has 0 amide bonds. The molecule has 13 aromatic rings. The van der Waals surface area contributed by atoms with E-state index < -0.39 is 0 Å². The van der Waals surface area contributed by atoms with E-state index in [-0.39, 0.29) is 0 Å². The van der Waals surface area contributed by atoms with Gasteiger partial charge in [-0.25, -0.2) is 0 Å². The molecule has 0 radical (unpaired) electrons. The molecule has 0 bridgehead atoms. The highest BCUT2D eigenvalue weighted by molar-refractivity contribution is 6.22. The fourth-order valence-electron chi connectivity index (χ4n) is 10.5. The molecule has 66 heavy (non-hydrogen) atoms. The van der Waals surface area contributed by atoms with Crippen LogP contribution < -0.4 is 4.90 Å². The maximum atomic E-state index is 6.85. The van der Waals surface area contributed by atoms with E-state index in [0.29, 0.717) is 0 Å². The van der Waals surface area contributed by atoms with Crippen molar-refractivity contribution < 1.29 is 4.42 Å². The normalized spacial score (nSPS) is 11.6. The Bertz CT molecular complexity index is 3960. The number of hydrogen-bond donors (Lipinski definition) is 0. The molecule has 0 N–H and O–H groups in total. The SMILES string of the molecule is c1ccc(-c2c(-c3ccc(N(c4ccc(-c5cccc6c5oc5c(-c7ccccc7)cccc56)cc4)c4cc5ccccc5c5ccccc45)cc3)c3ccccc3c3ccccc23)cc1. The van der Waals surface area contributed by atoms with Gasteiger partial charge in [0.25, 0.3) is 0 Å². The number of nitrogens with zero attached hydrogens (tertiary/aromatic N) is 1. The van der Waals surface area contributed by atoms with E-state index in [1.165, 1.54) is 65.3 Å². The monoisotopic (exact) mass is 839 g/mol. The van der Waals surface area contributed by atoms with Crippen LogP contribution >= 0.6 is 0 Å². The average molecular weight is 840 g/mol. The van der Waals surface area contributed by atoms with Crippen LogP contribution in [0.5, 0.6) is 0 Å². The van der Waals surface area contributed by atoms with Gasteiger partial charge in [0, 0.05) is 38.7 Å². The van der Waals surface area contributed by atoms with E-state index in [1.807, 2.05) is 0 Å². The quantitative estimate of drug-likeness (QED) is 0.149. The molecule has 0 spiro atoms. The van der Waals surface area contributed by atoms with Gasteiger partial charge in [0.1, 0.15) is 11.2 Å². The first-order valence-electron chi connectivity index (χ1n) is 22.7. The summed E-state index contributed by atoms with van der Waals surface area (Å²) >= 11 is 0. The maximum absolute atomic E-state index is 6.85. The summed E-state index contributed by atoms with van der Waals surface area (Å²) in [6.45, 7) is 0. The number of fused-ring (bicyclic) bond motifs is 9. The van der Waals surface area contributed by atoms with Crippen molar-refractivity contribution in [3.05, 3.63) is 249 Å². The fourth-order valence-corrected chi connectivity index (χ4v) is 10.5. The van der Waals surface area contributed by atoms with E-state index >= 15 is 0 Å². The molecule has 2 nitrogen and oxygen atoms in total. The highest BCUT2D eigenvalue weighted by Crippen LogP contribution is 2.47. The molecule has 0 unspecified atom stereocenters. The molecule has 12 aromatic carbocycles. The second-order valence-corrected chi connectivity index (χ2v) is 17.1. The largest absolute Gasteiger partial charge is 0.455 e. The van der Waals surface area contributed by atoms with Crippen molar-refractivity contribution in [3.63, 3.8) is 0 Å². The zero-order valence-electron chi connectivity index (χ0n) is 36.0. The van der Waals surface area contributed by atoms with Gasteiger partial charge in [-0.15, -0.1) is 0 Å². The van der Waals surface area contributed by atoms with Gasteiger partial charge in [-0.2, -0.15) is 0 Å². The Kier molecular flexibility index (Phi) is 8.89. The molecule has 0 atom stereocenters. The lowest BCUT2D eigenvalue weighted by Crippen LogP contribution is -2.10. The van der Waals surface area contributed by atoms with Crippen molar-refractivity contribution in [2.45, 2.75) is 0 Å². The topological polar surface area (TPSA) is 16.4 Å². The minimum atomic E-state index is 0.896. The van der Waals surface area contributed by atoms with Crippen LogP contribution in [0.25, 0.3) is 110 Å². The maximum Gasteiger partial charge on any atom is 0.143 e. The van der Waals surface area contributed by atoms with E-state index in [4.69, 9.17) is 4.42 Å². The summed E-state index contributed by atoms with van der Waals surface area (Å²) in [7, 11) is 0. The smallest absolute Gasteiger partial charge is 0.143 e. The molecule has 13 rings (SSSR count). The van der Waals surface area contributed by atoms with Crippen LogP contribution in [0.15, 0.2) is 253 Å². The Labute approximate surface area is 382 Å². The van der Waals surface area contributed by atoms with Crippen molar-refractivity contribution in [3.8, 4) is 44.5 Å². The predicted molar refractivity (Wildman–Crippen MR) is 280 cm³/mol. The van der Waals surface area contributed by atoms with Gasteiger partial charge in [0.15, 0.2) is 0 Å². The Hall–Kier alpha value is -8.72. The summed E-state index contributed by atoms with van der Waals surface area (Å²) in [6.07, 6.45) is 0. The van der Waals surface area contributed by atoms with Crippen LogP contribution in [0.1, 0.15) is 0 Å². The third kappa shape index (κ3) is 6.11. The van der Waals surface area contributed by atoms with Gasteiger partial charge in [-0.3, -0.25) is 0 Å². The zero-order chi connectivity index (χ0) is 43.6. The minimum Gasteiger partial charge on any atom is -0.455 e. The summed E-state index contributed by atoms with van der Waals surface area (Å²) in [5.74, 6) is 0. The summed E-state index contributed by atoms with van der Waals surface area (Å²) in [4.78, 5) is 2.42. The molecule has 308 valence electrons. The third-order valence-electron chi connectivity index (χ3n) is 13.4. The second kappa shape index (κ2) is 15.5. The Morgan fingerprint density at radius 1 is 0.258 bits per heavy atom. The summed E-state index contributed by atoms with van der Waals surface area (Å²) < 4.78 is 6.85. The summed E-state index contributed by atoms with van der Waals surface area (Å²) in [5.41, 5.74) is 14.3. The standard InChI is InChI=1S/C64H41NO/c1-3-17-42(18-4-1)50-29-15-31-58-59-32-16-30-51(64(59)66-63(50)58)43-33-37-47(38-34-43)65(60-41-46-21-7-8-22-49(46)52-23-9-12-26-55(52)60)48-39-35-45(36-40-48)62-57-28-14-11-25-54(57)53-24-10-13-27-56(53)61(62)44-19-5-2-6-20-44/h1-41H. The summed E-state index contributed by atoms with van der Waals surface area (Å²) in [6, 6.07) is 90.1. The Morgan fingerprint density at radius 2 is 0.636 bits per heavy atom. The Balaban J connectivity index is 0.987. The van der Waals surface area contributed by atoms with Crippen LogP contribution in [0.4, 0.5) is 17.1 Å². The molecule has 0 fully saturated rings. The average Bonchev–Trinajstić information content (AvgIpc) is 3.79. The third-order valence-corrected chi connectivity index (χ3v) is 13.4. The fraction of sp³-hybridized carbons (Fsp3) is 0. The molecule has 0 saturated heterocycles. The summed E-state index contributed by atoms with van der Waals surface area (Å²) in [5, 5.41) is 12.1. The van der Waals surface area contributed by atoms with E-state index in [2.05, 4.69) is 254 Å². The number of rotatable bonds is 7. The number of anilines is 3. The van der Waals surface area contributed by atoms with Crippen LogP contribution in [-0.4, -0.2) is 0 Å². The van der Waals surface area contributed by atoms with E-state index in [0.717, 1.165) is 61.3 Å². The Morgan fingerprint density at radius 3 is 1.18 bits per heavy atom. The lowest BCUT2D eigenvalue weighted by molar-refractivity contribution is 0.671.